The molecule has 0 N–H and O–H groups in total. The van der Waals surface area contributed by atoms with Gasteiger partial charge >= 0.3 is 0 Å². The maximum absolute atomic E-state index is 13.2. The predicted octanol–water partition coefficient (Wildman–Crippen LogP) is 4.26. The van der Waals surface area contributed by atoms with E-state index in [0.717, 1.165) is 22.0 Å². The van der Waals surface area contributed by atoms with E-state index in [1.165, 1.54) is 12.1 Å². The van der Waals surface area contributed by atoms with Gasteiger partial charge in [-0.15, -0.1) is 0 Å². The number of pyridine rings is 1. The maximum atomic E-state index is 13.2. The van der Waals surface area contributed by atoms with Crippen LogP contribution >= 0.6 is 0 Å². The lowest BCUT2D eigenvalue weighted by Gasteiger charge is -2.09. The average molecular weight is 267 g/mol. The van der Waals surface area contributed by atoms with E-state index < -0.39 is 0 Å². The van der Waals surface area contributed by atoms with E-state index in [1.54, 1.807) is 12.3 Å². The van der Waals surface area contributed by atoms with Crippen molar-refractivity contribution in [2.24, 2.45) is 0 Å². The molecule has 1 heterocycles. The molecule has 3 aromatic rings. The maximum Gasteiger partial charge on any atom is 0.138 e. The van der Waals surface area contributed by atoms with Crippen LogP contribution in [0.4, 0.5) is 4.39 Å². The molecule has 0 fully saturated rings. The highest BCUT2D eigenvalue weighted by atomic mass is 19.1. The predicted molar refractivity (Wildman–Crippen MR) is 77.2 cm³/mol. The molecule has 0 unspecified atom stereocenters. The number of nitrogens with zero attached hydrogens (tertiary/aromatic N) is 1. The summed E-state index contributed by atoms with van der Waals surface area (Å²) in [6.45, 7) is 2.28. The first-order chi connectivity index (χ1) is 9.72. The summed E-state index contributed by atoms with van der Waals surface area (Å²) in [7, 11) is 0. The van der Waals surface area contributed by atoms with Crippen molar-refractivity contribution in [3.8, 4) is 5.75 Å². The monoisotopic (exact) mass is 267 g/mol. The first-order valence-corrected chi connectivity index (χ1v) is 6.45. The number of aromatic nitrogens is 1. The van der Waals surface area contributed by atoms with Crippen LogP contribution < -0.4 is 4.74 Å². The van der Waals surface area contributed by atoms with Crippen LogP contribution in [0.2, 0.25) is 0 Å². The summed E-state index contributed by atoms with van der Waals surface area (Å²) in [5.74, 6) is 0.443. The Kier molecular flexibility index (Phi) is 3.33. The Morgan fingerprint density at radius 3 is 2.85 bits per heavy atom. The van der Waals surface area contributed by atoms with Crippen molar-refractivity contribution < 1.29 is 9.13 Å². The van der Waals surface area contributed by atoms with Gasteiger partial charge in [-0.3, -0.25) is 4.98 Å². The Labute approximate surface area is 116 Å². The fraction of sp³-hybridized carbons (Fsp3) is 0.118. The van der Waals surface area contributed by atoms with Crippen LogP contribution in [0, 0.1) is 12.7 Å². The van der Waals surface area contributed by atoms with Crippen molar-refractivity contribution in [3.63, 3.8) is 0 Å². The number of rotatable bonds is 3. The highest BCUT2D eigenvalue weighted by molar-refractivity contribution is 5.79. The standard InChI is InChI=1S/C17H14FNO/c1-12-6-7-15(18)8-14(12)11-20-16-9-13-4-2-3-5-17(13)19-10-16/h2-10H,11H2,1H3. The minimum Gasteiger partial charge on any atom is -0.487 e. The summed E-state index contributed by atoms with van der Waals surface area (Å²) >= 11 is 0. The van der Waals surface area contributed by atoms with Gasteiger partial charge in [0.2, 0.25) is 0 Å². The van der Waals surface area contributed by atoms with E-state index in [9.17, 15) is 4.39 Å². The van der Waals surface area contributed by atoms with Crippen LogP contribution in [0.25, 0.3) is 10.9 Å². The van der Waals surface area contributed by atoms with E-state index in [0.29, 0.717) is 12.4 Å². The van der Waals surface area contributed by atoms with E-state index in [2.05, 4.69) is 4.98 Å². The lowest BCUT2D eigenvalue weighted by Crippen LogP contribution is -1.99. The van der Waals surface area contributed by atoms with Gasteiger partial charge < -0.3 is 4.74 Å². The van der Waals surface area contributed by atoms with Gasteiger partial charge in [0, 0.05) is 5.39 Å². The van der Waals surface area contributed by atoms with Crippen LogP contribution in [0.5, 0.6) is 5.75 Å². The second-order valence-corrected chi connectivity index (χ2v) is 4.72. The van der Waals surface area contributed by atoms with Gasteiger partial charge in [0.05, 0.1) is 11.7 Å². The molecule has 0 aliphatic heterocycles. The third-order valence-electron chi connectivity index (χ3n) is 3.27. The quantitative estimate of drug-likeness (QED) is 0.707. The van der Waals surface area contributed by atoms with Crippen LogP contribution in [-0.4, -0.2) is 4.98 Å². The molecule has 0 atom stereocenters. The normalized spacial score (nSPS) is 10.7. The third kappa shape index (κ3) is 2.62. The molecule has 0 saturated heterocycles. The number of ether oxygens (including phenoxy) is 1. The van der Waals surface area contributed by atoms with Crippen molar-refractivity contribution in [2.45, 2.75) is 13.5 Å². The highest BCUT2D eigenvalue weighted by Crippen LogP contribution is 2.20. The van der Waals surface area contributed by atoms with Gasteiger partial charge in [0.1, 0.15) is 18.2 Å². The molecule has 0 bridgehead atoms. The van der Waals surface area contributed by atoms with Crippen LogP contribution in [-0.2, 0) is 6.61 Å². The number of fused-ring (bicyclic) bond motifs is 1. The fourth-order valence-electron chi connectivity index (χ4n) is 2.09. The molecular weight excluding hydrogens is 253 g/mol. The van der Waals surface area contributed by atoms with Crippen LogP contribution in [0.3, 0.4) is 0 Å². The van der Waals surface area contributed by atoms with Crippen molar-refractivity contribution in [3.05, 3.63) is 71.7 Å². The lowest BCUT2D eigenvalue weighted by molar-refractivity contribution is 0.304. The molecule has 0 saturated carbocycles. The Hall–Kier alpha value is -2.42. The number of aryl methyl sites for hydroxylation is 1. The summed E-state index contributed by atoms with van der Waals surface area (Å²) in [6, 6.07) is 14.5. The average Bonchev–Trinajstić information content (AvgIpc) is 2.48. The summed E-state index contributed by atoms with van der Waals surface area (Å²) in [4.78, 5) is 4.33. The molecule has 0 aliphatic carbocycles. The Balaban J connectivity index is 1.81. The van der Waals surface area contributed by atoms with Gasteiger partial charge in [0.25, 0.3) is 0 Å². The van der Waals surface area contributed by atoms with Gasteiger partial charge in [-0.1, -0.05) is 24.3 Å². The molecule has 1 aromatic heterocycles. The highest BCUT2D eigenvalue weighted by Gasteiger charge is 2.03. The van der Waals surface area contributed by atoms with Crippen LogP contribution in [0.15, 0.2) is 54.7 Å². The molecule has 0 aliphatic rings. The summed E-state index contributed by atoms with van der Waals surface area (Å²) in [6.07, 6.45) is 1.69. The molecule has 2 nitrogen and oxygen atoms in total. The van der Waals surface area contributed by atoms with E-state index in [-0.39, 0.29) is 5.82 Å². The van der Waals surface area contributed by atoms with E-state index in [1.807, 2.05) is 37.3 Å². The van der Waals surface area contributed by atoms with E-state index >= 15 is 0 Å². The Bertz CT molecular complexity index is 755. The topological polar surface area (TPSA) is 22.1 Å². The largest absolute Gasteiger partial charge is 0.487 e. The van der Waals surface area contributed by atoms with Crippen molar-refractivity contribution >= 4 is 10.9 Å². The Morgan fingerprint density at radius 2 is 1.95 bits per heavy atom. The SMILES string of the molecule is Cc1ccc(F)cc1COc1cnc2ccccc2c1. The smallest absolute Gasteiger partial charge is 0.138 e. The van der Waals surface area contributed by atoms with Crippen molar-refractivity contribution in [1.29, 1.82) is 0 Å². The molecule has 2 aromatic carbocycles. The van der Waals surface area contributed by atoms with Gasteiger partial charge in [-0.25, -0.2) is 4.39 Å². The Morgan fingerprint density at radius 1 is 1.10 bits per heavy atom. The number of hydrogen-bond acceptors (Lipinski definition) is 2. The molecule has 3 rings (SSSR count). The number of para-hydroxylation sites is 1. The molecule has 100 valence electrons. The van der Waals surface area contributed by atoms with Crippen LogP contribution in [0.1, 0.15) is 11.1 Å². The molecule has 0 amide bonds. The second-order valence-electron chi connectivity index (χ2n) is 4.72. The zero-order valence-corrected chi connectivity index (χ0v) is 11.1. The lowest BCUT2D eigenvalue weighted by atomic mass is 10.1. The third-order valence-corrected chi connectivity index (χ3v) is 3.27. The summed E-state index contributed by atoms with van der Waals surface area (Å²) in [5.41, 5.74) is 2.79. The fourth-order valence-corrected chi connectivity index (χ4v) is 2.09. The van der Waals surface area contributed by atoms with Gasteiger partial charge in [-0.05, 0) is 42.3 Å². The van der Waals surface area contributed by atoms with Crippen molar-refractivity contribution in [2.75, 3.05) is 0 Å². The molecule has 3 heteroatoms. The zero-order valence-electron chi connectivity index (χ0n) is 11.1. The zero-order chi connectivity index (χ0) is 13.9. The summed E-state index contributed by atoms with van der Waals surface area (Å²) < 4.78 is 18.9. The second kappa shape index (κ2) is 5.29. The number of halogens is 1. The van der Waals surface area contributed by atoms with E-state index in [4.69, 9.17) is 4.74 Å². The minimum atomic E-state index is -0.245. The number of benzene rings is 2. The van der Waals surface area contributed by atoms with Gasteiger partial charge in [0.15, 0.2) is 0 Å². The molecule has 20 heavy (non-hydrogen) atoms. The van der Waals surface area contributed by atoms with Crippen molar-refractivity contribution in [1.82, 2.24) is 4.98 Å². The summed E-state index contributed by atoms with van der Waals surface area (Å²) in [5, 5.41) is 1.03. The molecule has 0 spiro atoms. The first kappa shape index (κ1) is 12.6. The minimum absolute atomic E-state index is 0.245. The first-order valence-electron chi connectivity index (χ1n) is 6.45. The molecular formula is C17H14FNO. The van der Waals surface area contributed by atoms with Gasteiger partial charge in [-0.2, -0.15) is 0 Å². The molecule has 0 radical (unpaired) electrons. The number of hydrogen-bond donors (Lipinski definition) is 0.